The third-order valence-corrected chi connectivity index (χ3v) is 2.83. The SMILES string of the molecule is CC(O)C(C)Oc1c(Br)cccc1CO. The fraction of sp³-hybridized carbons (Fsp3) is 0.455. The number of para-hydroxylation sites is 1. The van der Waals surface area contributed by atoms with E-state index in [-0.39, 0.29) is 12.7 Å². The fourth-order valence-electron chi connectivity index (χ4n) is 1.09. The van der Waals surface area contributed by atoms with Crippen LogP contribution in [0.5, 0.6) is 5.75 Å². The molecule has 0 aliphatic rings. The summed E-state index contributed by atoms with van der Waals surface area (Å²) in [6.45, 7) is 3.37. The molecule has 84 valence electrons. The molecule has 0 spiro atoms. The molecule has 0 fully saturated rings. The smallest absolute Gasteiger partial charge is 0.139 e. The molecule has 2 unspecified atom stereocenters. The Balaban J connectivity index is 2.92. The molecule has 0 saturated heterocycles. The molecule has 0 heterocycles. The highest BCUT2D eigenvalue weighted by molar-refractivity contribution is 9.10. The lowest BCUT2D eigenvalue weighted by Gasteiger charge is -2.20. The Kier molecular flexibility index (Phi) is 4.57. The van der Waals surface area contributed by atoms with Gasteiger partial charge < -0.3 is 14.9 Å². The predicted molar refractivity (Wildman–Crippen MR) is 61.8 cm³/mol. The third kappa shape index (κ3) is 3.19. The maximum absolute atomic E-state index is 9.33. The van der Waals surface area contributed by atoms with Gasteiger partial charge in [0.05, 0.1) is 17.2 Å². The predicted octanol–water partition coefficient (Wildman–Crippen LogP) is 2.09. The van der Waals surface area contributed by atoms with Crippen molar-refractivity contribution in [2.75, 3.05) is 0 Å². The molecule has 2 N–H and O–H groups in total. The van der Waals surface area contributed by atoms with E-state index in [4.69, 9.17) is 9.84 Å². The summed E-state index contributed by atoms with van der Waals surface area (Å²) in [5.41, 5.74) is 0.705. The minimum Gasteiger partial charge on any atom is -0.486 e. The molecule has 0 saturated carbocycles. The highest BCUT2D eigenvalue weighted by Gasteiger charge is 2.14. The first-order valence-corrected chi connectivity index (χ1v) is 5.58. The van der Waals surface area contributed by atoms with E-state index >= 15 is 0 Å². The highest BCUT2D eigenvalue weighted by atomic mass is 79.9. The number of ether oxygens (including phenoxy) is 1. The number of aliphatic hydroxyl groups excluding tert-OH is 2. The summed E-state index contributed by atoms with van der Waals surface area (Å²) in [6.07, 6.45) is -0.863. The van der Waals surface area contributed by atoms with Gasteiger partial charge in [-0.1, -0.05) is 12.1 Å². The normalized spacial score (nSPS) is 14.7. The molecule has 1 aromatic carbocycles. The zero-order valence-electron chi connectivity index (χ0n) is 8.77. The Hall–Kier alpha value is -0.580. The van der Waals surface area contributed by atoms with Crippen molar-refractivity contribution in [2.45, 2.75) is 32.7 Å². The van der Waals surface area contributed by atoms with Crippen LogP contribution >= 0.6 is 15.9 Å². The Bertz CT molecular complexity index is 326. The van der Waals surface area contributed by atoms with E-state index in [0.717, 1.165) is 4.47 Å². The van der Waals surface area contributed by atoms with E-state index in [1.165, 1.54) is 0 Å². The van der Waals surface area contributed by atoms with E-state index in [2.05, 4.69) is 15.9 Å². The minimum atomic E-state index is -0.552. The Morgan fingerprint density at radius 3 is 2.60 bits per heavy atom. The molecular formula is C11H15BrO3. The molecule has 4 heteroatoms. The van der Waals surface area contributed by atoms with Gasteiger partial charge in [0.1, 0.15) is 11.9 Å². The molecule has 0 aromatic heterocycles. The van der Waals surface area contributed by atoms with Crippen LogP contribution < -0.4 is 4.74 Å². The van der Waals surface area contributed by atoms with Gasteiger partial charge >= 0.3 is 0 Å². The molecule has 0 bridgehead atoms. The van der Waals surface area contributed by atoms with Gasteiger partial charge in [-0.05, 0) is 35.8 Å². The monoisotopic (exact) mass is 274 g/mol. The van der Waals surface area contributed by atoms with Gasteiger partial charge in [0.2, 0.25) is 0 Å². The van der Waals surface area contributed by atoms with Gasteiger partial charge in [-0.25, -0.2) is 0 Å². The van der Waals surface area contributed by atoms with Crippen LogP contribution in [0.3, 0.4) is 0 Å². The molecule has 0 radical (unpaired) electrons. The fourth-order valence-corrected chi connectivity index (χ4v) is 1.60. The van der Waals surface area contributed by atoms with Crippen molar-refractivity contribution in [3.8, 4) is 5.75 Å². The van der Waals surface area contributed by atoms with Crippen molar-refractivity contribution < 1.29 is 14.9 Å². The number of hydrogen-bond acceptors (Lipinski definition) is 3. The first-order chi connectivity index (χ1) is 7.06. The Morgan fingerprint density at radius 1 is 1.40 bits per heavy atom. The second kappa shape index (κ2) is 5.49. The maximum Gasteiger partial charge on any atom is 0.139 e. The number of rotatable bonds is 4. The molecule has 0 amide bonds. The topological polar surface area (TPSA) is 49.7 Å². The van der Waals surface area contributed by atoms with Gasteiger partial charge in [-0.15, -0.1) is 0 Å². The number of aliphatic hydroxyl groups is 2. The van der Waals surface area contributed by atoms with Crippen LogP contribution in [0, 0.1) is 0 Å². The van der Waals surface area contributed by atoms with Crippen LogP contribution in [0.25, 0.3) is 0 Å². The zero-order chi connectivity index (χ0) is 11.4. The molecule has 1 aromatic rings. The second-order valence-corrected chi connectivity index (χ2v) is 4.30. The van der Waals surface area contributed by atoms with Crippen LogP contribution in [0.4, 0.5) is 0 Å². The Labute approximate surface area is 97.8 Å². The summed E-state index contributed by atoms with van der Waals surface area (Å²) < 4.78 is 6.35. The van der Waals surface area contributed by atoms with Crippen LogP contribution in [0.2, 0.25) is 0 Å². The van der Waals surface area contributed by atoms with E-state index in [0.29, 0.717) is 11.3 Å². The van der Waals surface area contributed by atoms with Crippen molar-refractivity contribution in [3.05, 3.63) is 28.2 Å². The average Bonchev–Trinajstić information content (AvgIpc) is 2.20. The first-order valence-electron chi connectivity index (χ1n) is 4.79. The summed E-state index contributed by atoms with van der Waals surface area (Å²) in [7, 11) is 0. The number of hydrogen-bond donors (Lipinski definition) is 2. The summed E-state index contributed by atoms with van der Waals surface area (Å²) in [5, 5.41) is 18.5. The van der Waals surface area contributed by atoms with Crippen molar-refractivity contribution >= 4 is 15.9 Å². The van der Waals surface area contributed by atoms with Crippen molar-refractivity contribution in [2.24, 2.45) is 0 Å². The second-order valence-electron chi connectivity index (χ2n) is 3.45. The van der Waals surface area contributed by atoms with Gasteiger partial charge in [-0.3, -0.25) is 0 Å². The lowest BCUT2D eigenvalue weighted by Crippen LogP contribution is -2.26. The largest absolute Gasteiger partial charge is 0.486 e. The van der Waals surface area contributed by atoms with Gasteiger partial charge in [0.15, 0.2) is 0 Å². The third-order valence-electron chi connectivity index (χ3n) is 2.20. The molecule has 15 heavy (non-hydrogen) atoms. The van der Waals surface area contributed by atoms with E-state index in [1.807, 2.05) is 12.1 Å². The van der Waals surface area contributed by atoms with E-state index < -0.39 is 6.10 Å². The molecule has 3 nitrogen and oxygen atoms in total. The lowest BCUT2D eigenvalue weighted by molar-refractivity contribution is 0.0584. The van der Waals surface area contributed by atoms with Gasteiger partial charge in [-0.2, -0.15) is 0 Å². The van der Waals surface area contributed by atoms with Gasteiger partial charge in [0, 0.05) is 5.56 Å². The Morgan fingerprint density at radius 2 is 2.07 bits per heavy atom. The van der Waals surface area contributed by atoms with E-state index in [1.54, 1.807) is 19.9 Å². The van der Waals surface area contributed by atoms with Crippen molar-refractivity contribution in [1.29, 1.82) is 0 Å². The van der Waals surface area contributed by atoms with Crippen LogP contribution in [0.15, 0.2) is 22.7 Å². The molecular weight excluding hydrogens is 260 g/mol. The summed E-state index contributed by atoms with van der Waals surface area (Å²) in [4.78, 5) is 0. The number of halogens is 1. The van der Waals surface area contributed by atoms with Crippen molar-refractivity contribution in [1.82, 2.24) is 0 Å². The maximum atomic E-state index is 9.33. The minimum absolute atomic E-state index is 0.0820. The summed E-state index contributed by atoms with van der Waals surface area (Å²) >= 11 is 3.35. The average molecular weight is 275 g/mol. The van der Waals surface area contributed by atoms with Crippen LogP contribution in [-0.2, 0) is 6.61 Å². The standard InChI is InChI=1S/C11H15BrO3/c1-7(14)8(2)15-11-9(6-13)4-3-5-10(11)12/h3-5,7-8,13-14H,6H2,1-2H3. The summed E-state index contributed by atoms with van der Waals surface area (Å²) in [6, 6.07) is 5.45. The highest BCUT2D eigenvalue weighted by Crippen LogP contribution is 2.30. The van der Waals surface area contributed by atoms with Crippen molar-refractivity contribution in [3.63, 3.8) is 0 Å². The van der Waals surface area contributed by atoms with Crippen LogP contribution in [0.1, 0.15) is 19.4 Å². The molecule has 0 aliphatic heterocycles. The lowest BCUT2D eigenvalue weighted by atomic mass is 10.2. The first kappa shape index (κ1) is 12.5. The van der Waals surface area contributed by atoms with Crippen LogP contribution in [-0.4, -0.2) is 22.4 Å². The molecule has 0 aliphatic carbocycles. The van der Waals surface area contributed by atoms with Gasteiger partial charge in [0.25, 0.3) is 0 Å². The summed E-state index contributed by atoms with van der Waals surface area (Å²) in [5.74, 6) is 0.591. The zero-order valence-corrected chi connectivity index (χ0v) is 10.4. The molecule has 2 atom stereocenters. The molecule has 1 rings (SSSR count). The van der Waals surface area contributed by atoms with E-state index in [9.17, 15) is 5.11 Å². The quantitative estimate of drug-likeness (QED) is 0.884. The number of benzene rings is 1.